The van der Waals surface area contributed by atoms with Gasteiger partial charge in [0.25, 0.3) is 0 Å². The Labute approximate surface area is 185 Å². The lowest BCUT2D eigenvalue weighted by Gasteiger charge is -2.37. The number of guanidine groups is 1. The van der Waals surface area contributed by atoms with Gasteiger partial charge in [0.2, 0.25) is 0 Å². The van der Waals surface area contributed by atoms with Crippen LogP contribution in [0.2, 0.25) is 0 Å². The van der Waals surface area contributed by atoms with Crippen molar-refractivity contribution < 1.29 is 4.74 Å². The molecule has 1 aromatic carbocycles. The van der Waals surface area contributed by atoms with Crippen molar-refractivity contribution >= 4 is 47.4 Å². The van der Waals surface area contributed by atoms with E-state index < -0.39 is 0 Å². The molecule has 3 rings (SSSR count). The van der Waals surface area contributed by atoms with Crippen LogP contribution in [-0.4, -0.2) is 62.4 Å². The number of benzene rings is 1. The van der Waals surface area contributed by atoms with Gasteiger partial charge >= 0.3 is 0 Å². The van der Waals surface area contributed by atoms with E-state index in [9.17, 15) is 0 Å². The molecule has 152 valence electrons. The number of nitrogens with one attached hydrogen (secondary N) is 2. The summed E-state index contributed by atoms with van der Waals surface area (Å²) in [5, 5.41) is 7.21. The van der Waals surface area contributed by atoms with E-state index in [4.69, 9.17) is 4.74 Å². The molecule has 2 N–H and O–H groups in total. The third-order valence-corrected chi connectivity index (χ3v) is 6.76. The van der Waals surface area contributed by atoms with E-state index in [-0.39, 0.29) is 28.7 Å². The lowest BCUT2D eigenvalue weighted by Crippen LogP contribution is -2.50. The van der Waals surface area contributed by atoms with E-state index in [1.54, 1.807) is 0 Å². The Morgan fingerprint density at radius 3 is 2.70 bits per heavy atom. The van der Waals surface area contributed by atoms with Crippen molar-refractivity contribution in [3.05, 3.63) is 30.3 Å². The third-order valence-electron chi connectivity index (χ3n) is 5.31. The zero-order chi connectivity index (χ0) is 18.2. The second-order valence-corrected chi connectivity index (χ2v) is 8.80. The fourth-order valence-corrected chi connectivity index (χ4v) is 5.05. The summed E-state index contributed by atoms with van der Waals surface area (Å²) in [5.74, 6) is 2.06. The van der Waals surface area contributed by atoms with Crippen LogP contribution in [0.5, 0.6) is 0 Å². The van der Waals surface area contributed by atoms with E-state index >= 15 is 0 Å². The Bertz CT molecular complexity index is 575. The molecule has 0 bridgehead atoms. The average molecular weight is 504 g/mol. The lowest BCUT2D eigenvalue weighted by atomic mass is 9.99. The number of hydrogen-bond donors (Lipinski definition) is 2. The van der Waals surface area contributed by atoms with Gasteiger partial charge in [-0.25, -0.2) is 0 Å². The molecule has 1 aromatic rings. The first kappa shape index (κ1) is 22.6. The normalized spacial score (nSPS) is 22.2. The van der Waals surface area contributed by atoms with Gasteiger partial charge in [-0.15, -0.1) is 24.0 Å². The van der Waals surface area contributed by atoms with Gasteiger partial charge in [-0.1, -0.05) is 25.1 Å². The first-order valence-corrected chi connectivity index (χ1v) is 10.7. The van der Waals surface area contributed by atoms with Crippen LogP contribution in [0.4, 0.5) is 5.69 Å². The second-order valence-electron chi connectivity index (χ2n) is 7.07. The van der Waals surface area contributed by atoms with Gasteiger partial charge in [-0.2, -0.15) is 11.8 Å². The molecule has 2 heterocycles. The predicted molar refractivity (Wildman–Crippen MR) is 128 cm³/mol. The molecule has 5 nitrogen and oxygen atoms in total. The summed E-state index contributed by atoms with van der Waals surface area (Å²) < 4.78 is 5.85. The molecule has 0 amide bonds. The summed E-state index contributed by atoms with van der Waals surface area (Å²) in [7, 11) is 1.86. The Morgan fingerprint density at radius 1 is 1.30 bits per heavy atom. The maximum Gasteiger partial charge on any atom is 0.191 e. The van der Waals surface area contributed by atoms with Crippen LogP contribution in [-0.2, 0) is 4.74 Å². The van der Waals surface area contributed by atoms with E-state index in [0.717, 1.165) is 63.8 Å². The van der Waals surface area contributed by atoms with Crippen molar-refractivity contribution in [1.82, 2.24) is 10.6 Å². The minimum Gasteiger partial charge on any atom is -0.381 e. The molecule has 0 saturated carbocycles. The van der Waals surface area contributed by atoms with Crippen LogP contribution < -0.4 is 15.5 Å². The summed E-state index contributed by atoms with van der Waals surface area (Å²) >= 11 is 2.06. The number of hydrogen-bond acceptors (Lipinski definition) is 4. The lowest BCUT2D eigenvalue weighted by molar-refractivity contribution is 0.0782. The van der Waals surface area contributed by atoms with Crippen molar-refractivity contribution in [1.29, 1.82) is 0 Å². The molecule has 0 radical (unpaired) electrons. The molecule has 2 fully saturated rings. The molecule has 0 spiro atoms. The third kappa shape index (κ3) is 6.42. The van der Waals surface area contributed by atoms with Crippen LogP contribution in [0.15, 0.2) is 35.3 Å². The largest absolute Gasteiger partial charge is 0.381 e. The number of rotatable bonds is 6. The van der Waals surface area contributed by atoms with Gasteiger partial charge < -0.3 is 20.3 Å². The zero-order valence-electron chi connectivity index (χ0n) is 16.4. The molecule has 27 heavy (non-hydrogen) atoms. The number of anilines is 1. The number of aliphatic imine (C=N–C) groups is 1. The van der Waals surface area contributed by atoms with Crippen molar-refractivity contribution in [3.63, 3.8) is 0 Å². The first-order chi connectivity index (χ1) is 12.7. The Hall–Kier alpha value is -0.670. The summed E-state index contributed by atoms with van der Waals surface area (Å²) in [6, 6.07) is 11.1. The average Bonchev–Trinajstić information content (AvgIpc) is 3.15. The molecule has 2 aliphatic heterocycles. The molecule has 7 heteroatoms. The van der Waals surface area contributed by atoms with E-state index in [2.05, 4.69) is 69.5 Å². The molecule has 1 unspecified atom stereocenters. The van der Waals surface area contributed by atoms with Gasteiger partial charge in [0.15, 0.2) is 5.96 Å². The quantitative estimate of drug-likeness (QED) is 0.354. The number of ether oxygens (including phenoxy) is 1. The van der Waals surface area contributed by atoms with Gasteiger partial charge in [-0.05, 0) is 37.1 Å². The fraction of sp³-hybridized carbons (Fsp3) is 0.650. The molecule has 2 saturated heterocycles. The van der Waals surface area contributed by atoms with Crippen molar-refractivity contribution in [3.8, 4) is 0 Å². The molecule has 1 atom stereocenters. The van der Waals surface area contributed by atoms with Gasteiger partial charge in [0.1, 0.15) is 0 Å². The van der Waals surface area contributed by atoms with Gasteiger partial charge in [-0.3, -0.25) is 4.99 Å². The maximum atomic E-state index is 5.57. The molecule has 2 aliphatic rings. The number of nitrogens with zero attached hydrogens (tertiary/aromatic N) is 2. The maximum absolute atomic E-state index is 5.57. The molecular weight excluding hydrogens is 471 g/mol. The topological polar surface area (TPSA) is 48.9 Å². The highest BCUT2D eigenvalue weighted by molar-refractivity contribution is 14.0. The number of thioether (sulfide) groups is 1. The molecule has 0 aliphatic carbocycles. The van der Waals surface area contributed by atoms with E-state index in [1.807, 2.05) is 7.05 Å². The smallest absolute Gasteiger partial charge is 0.191 e. The van der Waals surface area contributed by atoms with Crippen LogP contribution in [0.1, 0.15) is 26.2 Å². The van der Waals surface area contributed by atoms with E-state index in [0.29, 0.717) is 6.04 Å². The highest BCUT2D eigenvalue weighted by Gasteiger charge is 2.33. The summed E-state index contributed by atoms with van der Waals surface area (Å²) in [6.45, 7) is 7.04. The molecule has 0 aromatic heterocycles. The first-order valence-electron chi connectivity index (χ1n) is 9.73. The highest BCUT2D eigenvalue weighted by atomic mass is 127. The van der Waals surface area contributed by atoms with Crippen LogP contribution in [0.25, 0.3) is 0 Å². The van der Waals surface area contributed by atoms with Gasteiger partial charge in [0.05, 0.1) is 0 Å². The Kier molecular flexibility index (Phi) is 9.52. The Morgan fingerprint density at radius 2 is 2.04 bits per heavy atom. The number of halogens is 1. The van der Waals surface area contributed by atoms with Crippen LogP contribution in [0.3, 0.4) is 0 Å². The van der Waals surface area contributed by atoms with Crippen molar-refractivity contribution in [2.75, 3.05) is 50.5 Å². The molecular formula is C20H33IN4OS. The monoisotopic (exact) mass is 504 g/mol. The predicted octanol–water partition coefficient (Wildman–Crippen LogP) is 3.35. The number of para-hydroxylation sites is 1. The van der Waals surface area contributed by atoms with Crippen molar-refractivity contribution in [2.24, 2.45) is 4.99 Å². The minimum absolute atomic E-state index is 0. The minimum atomic E-state index is 0. The standard InChI is InChI=1S/C20H32N4OS.HI/c1-3-26-20(10-13-25-14-11-20)16-22-19(21-2)23-17-9-12-24(15-17)18-7-5-4-6-8-18;/h4-8,17H,3,9-16H2,1-2H3,(H2,21,22,23);1H. The Balaban J connectivity index is 0.00000261. The van der Waals surface area contributed by atoms with Crippen LogP contribution in [0, 0.1) is 0 Å². The zero-order valence-corrected chi connectivity index (χ0v) is 19.6. The van der Waals surface area contributed by atoms with Gasteiger partial charge in [0, 0.05) is 56.4 Å². The summed E-state index contributed by atoms with van der Waals surface area (Å²) in [6.07, 6.45) is 3.36. The highest BCUT2D eigenvalue weighted by Crippen LogP contribution is 2.34. The van der Waals surface area contributed by atoms with Crippen molar-refractivity contribution in [2.45, 2.75) is 37.0 Å². The fourth-order valence-electron chi connectivity index (χ4n) is 3.81. The summed E-state index contributed by atoms with van der Waals surface area (Å²) in [5.41, 5.74) is 1.31. The van der Waals surface area contributed by atoms with Crippen LogP contribution >= 0.6 is 35.7 Å². The summed E-state index contributed by atoms with van der Waals surface area (Å²) in [4.78, 5) is 6.90. The van der Waals surface area contributed by atoms with E-state index in [1.165, 1.54) is 5.69 Å². The second kappa shape index (κ2) is 11.4. The SMILES string of the molecule is CCSC1(CNC(=NC)NC2CCN(c3ccccc3)C2)CCOCC1.I.